The highest BCUT2D eigenvalue weighted by atomic mass is 16.2. The van der Waals surface area contributed by atoms with Crippen LogP contribution in [0, 0.1) is 0 Å². The van der Waals surface area contributed by atoms with Crippen LogP contribution in [0.2, 0.25) is 0 Å². The van der Waals surface area contributed by atoms with Crippen molar-refractivity contribution in [1.82, 2.24) is 20.3 Å². The van der Waals surface area contributed by atoms with Crippen LogP contribution >= 0.6 is 0 Å². The SMILES string of the molecule is O=C(Nc1ccccc1)c1cn(C2CCNCC2)nn1. The molecule has 0 bridgehead atoms. The van der Waals surface area contributed by atoms with E-state index in [0.717, 1.165) is 31.6 Å². The first-order chi connectivity index (χ1) is 9.83. The predicted molar refractivity (Wildman–Crippen MR) is 75.6 cm³/mol. The van der Waals surface area contributed by atoms with Crippen LogP contribution in [0.3, 0.4) is 0 Å². The fraction of sp³-hybridized carbons (Fsp3) is 0.357. The Morgan fingerprint density at radius 1 is 1.25 bits per heavy atom. The van der Waals surface area contributed by atoms with Crippen molar-refractivity contribution in [2.24, 2.45) is 0 Å². The summed E-state index contributed by atoms with van der Waals surface area (Å²) >= 11 is 0. The van der Waals surface area contributed by atoms with Crippen molar-refractivity contribution < 1.29 is 4.79 Å². The summed E-state index contributed by atoms with van der Waals surface area (Å²) < 4.78 is 1.81. The monoisotopic (exact) mass is 271 g/mol. The fourth-order valence-electron chi connectivity index (χ4n) is 2.35. The second kappa shape index (κ2) is 5.83. The maximum absolute atomic E-state index is 12.1. The number of benzene rings is 1. The van der Waals surface area contributed by atoms with Gasteiger partial charge in [-0.2, -0.15) is 0 Å². The van der Waals surface area contributed by atoms with Crippen LogP contribution in [0.15, 0.2) is 36.5 Å². The average molecular weight is 271 g/mol. The second-order valence-electron chi connectivity index (χ2n) is 4.89. The minimum atomic E-state index is -0.226. The average Bonchev–Trinajstić information content (AvgIpc) is 2.99. The van der Waals surface area contributed by atoms with E-state index in [1.165, 1.54) is 0 Å². The number of amides is 1. The molecule has 2 aromatic rings. The molecule has 104 valence electrons. The van der Waals surface area contributed by atoms with Gasteiger partial charge in [0.15, 0.2) is 5.69 Å². The van der Waals surface area contributed by atoms with Crippen LogP contribution in [0.5, 0.6) is 0 Å². The van der Waals surface area contributed by atoms with Gasteiger partial charge < -0.3 is 10.6 Å². The summed E-state index contributed by atoms with van der Waals surface area (Å²) in [5, 5.41) is 14.2. The highest BCUT2D eigenvalue weighted by Gasteiger charge is 2.18. The molecule has 2 N–H and O–H groups in total. The minimum absolute atomic E-state index is 0.226. The van der Waals surface area contributed by atoms with Crippen molar-refractivity contribution in [3.05, 3.63) is 42.2 Å². The maximum Gasteiger partial charge on any atom is 0.277 e. The molecule has 3 rings (SSSR count). The van der Waals surface area contributed by atoms with Crippen LogP contribution in [-0.2, 0) is 0 Å². The third-order valence-electron chi connectivity index (χ3n) is 3.46. The molecular weight excluding hydrogens is 254 g/mol. The lowest BCUT2D eigenvalue weighted by molar-refractivity contribution is 0.102. The van der Waals surface area contributed by atoms with E-state index in [1.807, 2.05) is 30.3 Å². The molecule has 6 nitrogen and oxygen atoms in total. The summed E-state index contributed by atoms with van der Waals surface area (Å²) in [5.41, 5.74) is 1.11. The zero-order chi connectivity index (χ0) is 13.8. The Kier molecular flexibility index (Phi) is 3.73. The second-order valence-corrected chi connectivity index (χ2v) is 4.89. The number of rotatable bonds is 3. The van der Waals surface area contributed by atoms with E-state index in [2.05, 4.69) is 20.9 Å². The summed E-state index contributed by atoms with van der Waals surface area (Å²) in [6, 6.07) is 9.68. The Bertz CT molecular complexity index is 574. The van der Waals surface area contributed by atoms with Crippen molar-refractivity contribution in [3.8, 4) is 0 Å². The molecule has 0 saturated carbocycles. The highest BCUT2D eigenvalue weighted by molar-refractivity contribution is 6.02. The third kappa shape index (κ3) is 2.85. The van der Waals surface area contributed by atoms with E-state index in [-0.39, 0.29) is 5.91 Å². The number of aromatic nitrogens is 3. The van der Waals surface area contributed by atoms with Gasteiger partial charge in [0.05, 0.1) is 12.2 Å². The number of nitrogens with one attached hydrogen (secondary N) is 2. The van der Waals surface area contributed by atoms with E-state index in [4.69, 9.17) is 0 Å². The Morgan fingerprint density at radius 2 is 2.00 bits per heavy atom. The molecule has 1 saturated heterocycles. The van der Waals surface area contributed by atoms with Gasteiger partial charge in [0.2, 0.25) is 0 Å². The van der Waals surface area contributed by atoms with Crippen molar-refractivity contribution in [2.75, 3.05) is 18.4 Å². The maximum atomic E-state index is 12.1. The van der Waals surface area contributed by atoms with Gasteiger partial charge >= 0.3 is 0 Å². The van der Waals surface area contributed by atoms with Gasteiger partial charge in [0.25, 0.3) is 5.91 Å². The van der Waals surface area contributed by atoms with E-state index in [0.29, 0.717) is 11.7 Å². The quantitative estimate of drug-likeness (QED) is 0.886. The largest absolute Gasteiger partial charge is 0.321 e. The molecular formula is C14H17N5O. The van der Waals surface area contributed by atoms with Crippen LogP contribution in [-0.4, -0.2) is 34.0 Å². The van der Waals surface area contributed by atoms with Crippen molar-refractivity contribution in [1.29, 1.82) is 0 Å². The number of piperidine rings is 1. The topological polar surface area (TPSA) is 71.8 Å². The molecule has 0 atom stereocenters. The smallest absolute Gasteiger partial charge is 0.277 e. The summed E-state index contributed by atoms with van der Waals surface area (Å²) in [7, 11) is 0. The van der Waals surface area contributed by atoms with Crippen molar-refractivity contribution in [2.45, 2.75) is 18.9 Å². The first-order valence-electron chi connectivity index (χ1n) is 6.82. The lowest BCUT2D eigenvalue weighted by atomic mass is 10.1. The van der Waals surface area contributed by atoms with E-state index < -0.39 is 0 Å². The Morgan fingerprint density at radius 3 is 2.75 bits per heavy atom. The van der Waals surface area contributed by atoms with Crippen molar-refractivity contribution in [3.63, 3.8) is 0 Å². The molecule has 1 amide bonds. The van der Waals surface area contributed by atoms with Gasteiger partial charge in [0, 0.05) is 5.69 Å². The van der Waals surface area contributed by atoms with Crippen LogP contribution in [0.4, 0.5) is 5.69 Å². The molecule has 2 heterocycles. The van der Waals surface area contributed by atoms with E-state index >= 15 is 0 Å². The summed E-state index contributed by atoms with van der Waals surface area (Å²) in [5.74, 6) is -0.226. The number of hydrogen-bond donors (Lipinski definition) is 2. The zero-order valence-electron chi connectivity index (χ0n) is 11.1. The number of nitrogens with zero attached hydrogens (tertiary/aromatic N) is 3. The molecule has 1 aliphatic heterocycles. The molecule has 6 heteroatoms. The first kappa shape index (κ1) is 12.8. The molecule has 1 aromatic carbocycles. The molecule has 1 aromatic heterocycles. The Balaban J connectivity index is 1.68. The van der Waals surface area contributed by atoms with Gasteiger partial charge in [-0.1, -0.05) is 23.4 Å². The number of para-hydroxylation sites is 1. The Labute approximate surface area is 117 Å². The number of carbonyl (C=O) groups excluding carboxylic acids is 1. The van der Waals surface area contributed by atoms with Crippen LogP contribution < -0.4 is 10.6 Å². The standard InChI is InChI=1S/C14H17N5O/c20-14(16-11-4-2-1-3-5-11)13-10-19(18-17-13)12-6-8-15-9-7-12/h1-5,10,12,15H,6-9H2,(H,16,20). The molecule has 0 radical (unpaired) electrons. The van der Waals surface area contributed by atoms with E-state index in [9.17, 15) is 4.79 Å². The van der Waals surface area contributed by atoms with Crippen LogP contribution in [0.1, 0.15) is 29.4 Å². The summed E-state index contributed by atoms with van der Waals surface area (Å²) in [4.78, 5) is 12.1. The Hall–Kier alpha value is -2.21. The molecule has 1 fully saturated rings. The van der Waals surface area contributed by atoms with Gasteiger partial charge in [-0.05, 0) is 38.1 Å². The van der Waals surface area contributed by atoms with Crippen molar-refractivity contribution >= 4 is 11.6 Å². The molecule has 20 heavy (non-hydrogen) atoms. The summed E-state index contributed by atoms with van der Waals surface area (Å²) in [6.07, 6.45) is 3.76. The number of anilines is 1. The molecule has 0 unspecified atom stereocenters. The van der Waals surface area contributed by atoms with Gasteiger partial charge in [0.1, 0.15) is 0 Å². The van der Waals surface area contributed by atoms with Gasteiger partial charge in [-0.3, -0.25) is 4.79 Å². The summed E-state index contributed by atoms with van der Waals surface area (Å²) in [6.45, 7) is 1.96. The van der Waals surface area contributed by atoms with Crippen LogP contribution in [0.25, 0.3) is 0 Å². The zero-order valence-corrected chi connectivity index (χ0v) is 11.1. The predicted octanol–water partition coefficient (Wildman–Crippen LogP) is 1.45. The minimum Gasteiger partial charge on any atom is -0.321 e. The van der Waals surface area contributed by atoms with E-state index in [1.54, 1.807) is 10.9 Å². The first-order valence-corrected chi connectivity index (χ1v) is 6.82. The molecule has 0 spiro atoms. The lowest BCUT2D eigenvalue weighted by Gasteiger charge is -2.22. The third-order valence-corrected chi connectivity index (χ3v) is 3.46. The highest BCUT2D eigenvalue weighted by Crippen LogP contribution is 2.17. The molecule has 1 aliphatic rings. The molecule has 0 aliphatic carbocycles. The number of carbonyl (C=O) groups is 1. The fourth-order valence-corrected chi connectivity index (χ4v) is 2.35. The normalized spacial score (nSPS) is 16.0. The van der Waals surface area contributed by atoms with Gasteiger partial charge in [-0.25, -0.2) is 4.68 Å². The lowest BCUT2D eigenvalue weighted by Crippen LogP contribution is -2.29. The number of hydrogen-bond acceptors (Lipinski definition) is 4. The van der Waals surface area contributed by atoms with Gasteiger partial charge in [-0.15, -0.1) is 5.10 Å².